The number of hydrogen-bond acceptors (Lipinski definition) is 6. The minimum Gasteiger partial charge on any atom is -0.340 e. The Kier molecular flexibility index (Phi) is 6.68. The number of hydrogen-bond donors (Lipinski definition) is 2. The third kappa shape index (κ3) is 5.91. The summed E-state index contributed by atoms with van der Waals surface area (Å²) in [5, 5.41) is 16.2. The van der Waals surface area contributed by atoms with Crippen LogP contribution < -0.4 is 10.6 Å². The number of aryl methyl sites for hydroxylation is 1. The summed E-state index contributed by atoms with van der Waals surface area (Å²) >= 11 is 0. The van der Waals surface area contributed by atoms with Crippen LogP contribution in [0.4, 0.5) is 42.0 Å². The third-order valence-corrected chi connectivity index (χ3v) is 4.46. The van der Waals surface area contributed by atoms with Crippen molar-refractivity contribution in [3.8, 4) is 0 Å². The van der Waals surface area contributed by atoms with Gasteiger partial charge in [0.15, 0.2) is 0 Å². The van der Waals surface area contributed by atoms with E-state index in [-0.39, 0.29) is 11.6 Å². The number of non-ortho nitro benzene ring substituents is 1. The lowest BCUT2D eigenvalue weighted by Gasteiger charge is -2.15. The van der Waals surface area contributed by atoms with Crippen molar-refractivity contribution in [3.63, 3.8) is 0 Å². The molecule has 0 aliphatic rings. The van der Waals surface area contributed by atoms with Gasteiger partial charge in [0, 0.05) is 29.7 Å². The van der Waals surface area contributed by atoms with Crippen molar-refractivity contribution in [1.82, 2.24) is 9.97 Å². The lowest BCUT2D eigenvalue weighted by atomic mass is 10.1. The van der Waals surface area contributed by atoms with Crippen LogP contribution in [-0.4, -0.2) is 14.9 Å². The van der Waals surface area contributed by atoms with E-state index in [0.717, 1.165) is 24.8 Å². The van der Waals surface area contributed by atoms with Gasteiger partial charge >= 0.3 is 6.18 Å². The van der Waals surface area contributed by atoms with Gasteiger partial charge in [-0.25, -0.2) is 4.98 Å². The number of aromatic nitrogens is 2. The molecule has 1 heterocycles. The molecule has 3 aromatic rings. The molecular formula is C21H20F3N5O2. The molecule has 0 saturated heterocycles. The minimum absolute atomic E-state index is 0.0797. The number of rotatable bonds is 8. The first-order valence-electron chi connectivity index (χ1n) is 9.58. The van der Waals surface area contributed by atoms with E-state index < -0.39 is 22.5 Å². The van der Waals surface area contributed by atoms with Crippen molar-refractivity contribution >= 4 is 28.8 Å². The number of nitro groups is 1. The summed E-state index contributed by atoms with van der Waals surface area (Å²) in [6, 6.07) is 12.5. The second kappa shape index (κ2) is 9.41. The second-order valence-corrected chi connectivity index (χ2v) is 6.81. The zero-order valence-electron chi connectivity index (χ0n) is 16.6. The predicted molar refractivity (Wildman–Crippen MR) is 112 cm³/mol. The van der Waals surface area contributed by atoms with Crippen LogP contribution in [0.1, 0.15) is 30.9 Å². The first-order chi connectivity index (χ1) is 14.8. The van der Waals surface area contributed by atoms with Crippen molar-refractivity contribution < 1.29 is 18.1 Å². The van der Waals surface area contributed by atoms with Gasteiger partial charge in [0.1, 0.15) is 11.4 Å². The highest BCUT2D eigenvalue weighted by Crippen LogP contribution is 2.35. The normalized spacial score (nSPS) is 11.2. The summed E-state index contributed by atoms with van der Waals surface area (Å²) in [4.78, 5) is 17.9. The van der Waals surface area contributed by atoms with E-state index in [4.69, 9.17) is 0 Å². The van der Waals surface area contributed by atoms with Crippen LogP contribution in [0.2, 0.25) is 0 Å². The number of nitro benzene ring substituents is 1. The fourth-order valence-electron chi connectivity index (χ4n) is 2.81. The largest absolute Gasteiger partial charge is 0.421 e. The maximum atomic E-state index is 13.4. The topological polar surface area (TPSA) is 93.0 Å². The van der Waals surface area contributed by atoms with E-state index in [9.17, 15) is 23.3 Å². The van der Waals surface area contributed by atoms with Gasteiger partial charge in [0.2, 0.25) is 5.95 Å². The van der Waals surface area contributed by atoms with E-state index in [1.807, 2.05) is 12.1 Å². The average Bonchev–Trinajstić information content (AvgIpc) is 2.73. The maximum Gasteiger partial charge on any atom is 0.421 e. The molecule has 7 nitrogen and oxygen atoms in total. The van der Waals surface area contributed by atoms with Crippen LogP contribution in [-0.2, 0) is 12.6 Å². The summed E-state index contributed by atoms with van der Waals surface area (Å²) in [6.45, 7) is 2.09. The van der Waals surface area contributed by atoms with E-state index >= 15 is 0 Å². The van der Waals surface area contributed by atoms with Crippen molar-refractivity contribution in [1.29, 1.82) is 0 Å². The predicted octanol–water partition coefficient (Wildman–Crippen LogP) is 6.23. The fraction of sp³-hybridized carbons (Fsp3) is 0.238. The standard InChI is InChI=1S/C21H20F3N5O2/c1-2-3-4-14-5-7-15(8-6-14)26-19-18(21(22,23)24)13-25-20(28-19)27-16-9-11-17(12-10-16)29(30)31/h5-13H,2-4H2,1H3,(H2,25,26,27,28). The van der Waals surface area contributed by atoms with Crippen LogP contribution >= 0.6 is 0 Å². The Morgan fingerprint density at radius 1 is 1.00 bits per heavy atom. The molecule has 0 bridgehead atoms. The van der Waals surface area contributed by atoms with Gasteiger partial charge < -0.3 is 10.6 Å². The molecule has 0 aliphatic carbocycles. The molecule has 10 heteroatoms. The van der Waals surface area contributed by atoms with Gasteiger partial charge in [-0.2, -0.15) is 18.2 Å². The van der Waals surface area contributed by atoms with Crippen LogP contribution in [0.25, 0.3) is 0 Å². The quantitative estimate of drug-likeness (QED) is 0.324. The average molecular weight is 431 g/mol. The van der Waals surface area contributed by atoms with E-state index in [1.54, 1.807) is 12.1 Å². The Bertz CT molecular complexity index is 1040. The number of halogens is 3. The second-order valence-electron chi connectivity index (χ2n) is 6.81. The summed E-state index contributed by atoms with van der Waals surface area (Å²) < 4.78 is 40.3. The van der Waals surface area contributed by atoms with E-state index in [1.165, 1.54) is 24.3 Å². The van der Waals surface area contributed by atoms with E-state index in [0.29, 0.717) is 17.6 Å². The molecule has 162 valence electrons. The van der Waals surface area contributed by atoms with Gasteiger partial charge in [0.05, 0.1) is 4.92 Å². The number of nitrogens with one attached hydrogen (secondary N) is 2. The maximum absolute atomic E-state index is 13.4. The number of unbranched alkanes of at least 4 members (excludes halogenated alkanes) is 1. The minimum atomic E-state index is -4.64. The van der Waals surface area contributed by atoms with Crippen LogP contribution in [0, 0.1) is 10.1 Å². The Morgan fingerprint density at radius 2 is 1.61 bits per heavy atom. The molecule has 0 amide bonds. The Morgan fingerprint density at radius 3 is 2.19 bits per heavy atom. The highest BCUT2D eigenvalue weighted by Gasteiger charge is 2.35. The molecule has 0 aliphatic heterocycles. The molecule has 0 unspecified atom stereocenters. The van der Waals surface area contributed by atoms with Crippen molar-refractivity contribution in [2.24, 2.45) is 0 Å². The molecule has 1 aromatic heterocycles. The molecule has 31 heavy (non-hydrogen) atoms. The number of anilines is 4. The van der Waals surface area contributed by atoms with Crippen LogP contribution in [0.5, 0.6) is 0 Å². The molecule has 0 saturated carbocycles. The van der Waals surface area contributed by atoms with E-state index in [2.05, 4.69) is 27.5 Å². The number of alkyl halides is 3. The molecule has 0 radical (unpaired) electrons. The zero-order chi connectivity index (χ0) is 22.4. The fourth-order valence-corrected chi connectivity index (χ4v) is 2.81. The lowest BCUT2D eigenvalue weighted by Crippen LogP contribution is -2.12. The first kappa shape index (κ1) is 22.0. The van der Waals surface area contributed by atoms with Crippen LogP contribution in [0.15, 0.2) is 54.7 Å². The Hall–Kier alpha value is -3.69. The molecule has 0 spiro atoms. The molecule has 3 rings (SSSR count). The van der Waals surface area contributed by atoms with Crippen molar-refractivity contribution in [2.45, 2.75) is 32.4 Å². The summed E-state index contributed by atoms with van der Waals surface area (Å²) in [5.74, 6) is -0.475. The Balaban J connectivity index is 1.84. The number of benzene rings is 2. The molecule has 2 N–H and O–H groups in total. The van der Waals surface area contributed by atoms with Gasteiger partial charge in [-0.1, -0.05) is 25.5 Å². The van der Waals surface area contributed by atoms with Crippen molar-refractivity contribution in [2.75, 3.05) is 10.6 Å². The molecule has 2 aromatic carbocycles. The SMILES string of the molecule is CCCCc1ccc(Nc2nc(Nc3ccc([N+](=O)[O-])cc3)ncc2C(F)(F)F)cc1. The molecular weight excluding hydrogens is 411 g/mol. The smallest absolute Gasteiger partial charge is 0.340 e. The van der Waals surface area contributed by atoms with Gasteiger partial charge in [-0.3, -0.25) is 10.1 Å². The zero-order valence-corrected chi connectivity index (χ0v) is 16.6. The highest BCUT2D eigenvalue weighted by atomic mass is 19.4. The summed E-state index contributed by atoms with van der Waals surface area (Å²) in [6.07, 6.45) is -0.954. The number of nitrogens with zero attached hydrogens (tertiary/aromatic N) is 3. The van der Waals surface area contributed by atoms with Crippen LogP contribution in [0.3, 0.4) is 0 Å². The monoisotopic (exact) mass is 431 g/mol. The van der Waals surface area contributed by atoms with Gasteiger partial charge in [-0.05, 0) is 42.7 Å². The highest BCUT2D eigenvalue weighted by molar-refractivity contribution is 5.63. The molecule has 0 fully saturated rings. The molecule has 0 atom stereocenters. The van der Waals surface area contributed by atoms with Crippen molar-refractivity contribution in [3.05, 3.63) is 76.0 Å². The first-order valence-corrected chi connectivity index (χ1v) is 9.58. The summed E-state index contributed by atoms with van der Waals surface area (Å²) in [5.41, 5.74) is 0.856. The van der Waals surface area contributed by atoms with Gasteiger partial charge in [0.25, 0.3) is 5.69 Å². The third-order valence-electron chi connectivity index (χ3n) is 4.46. The Labute approximate surface area is 176 Å². The summed E-state index contributed by atoms with van der Waals surface area (Å²) in [7, 11) is 0. The van der Waals surface area contributed by atoms with Gasteiger partial charge in [-0.15, -0.1) is 0 Å². The lowest BCUT2D eigenvalue weighted by molar-refractivity contribution is -0.384.